The number of amides is 1. The van der Waals surface area contributed by atoms with Gasteiger partial charge >= 0.3 is 0 Å². The number of hydrogen-bond donors (Lipinski definition) is 2. The Labute approximate surface area is 112 Å². The number of H-pyrrole nitrogens is 1. The molecule has 19 heavy (non-hydrogen) atoms. The number of carbonyl (C=O) groups is 1. The van der Waals surface area contributed by atoms with Crippen LogP contribution in [0.5, 0.6) is 0 Å². The molecule has 0 unspecified atom stereocenters. The molecular formula is C14H18N4O. The number of nitrogens with zero attached hydrogens (tertiary/aromatic N) is 2. The highest BCUT2D eigenvalue weighted by atomic mass is 16.2. The summed E-state index contributed by atoms with van der Waals surface area (Å²) >= 11 is 0. The van der Waals surface area contributed by atoms with Crippen LogP contribution in [0.25, 0.3) is 11.3 Å². The van der Waals surface area contributed by atoms with E-state index in [1.165, 1.54) is 0 Å². The molecular weight excluding hydrogens is 240 g/mol. The van der Waals surface area contributed by atoms with E-state index in [1.54, 1.807) is 0 Å². The second kappa shape index (κ2) is 6.13. The van der Waals surface area contributed by atoms with Crippen LogP contribution in [0.4, 0.5) is 0 Å². The van der Waals surface area contributed by atoms with Crippen molar-refractivity contribution < 1.29 is 4.79 Å². The third-order valence-electron chi connectivity index (χ3n) is 2.82. The van der Waals surface area contributed by atoms with Crippen molar-refractivity contribution in [1.29, 1.82) is 0 Å². The summed E-state index contributed by atoms with van der Waals surface area (Å²) in [5.74, 6) is 0.374. The molecule has 0 bridgehead atoms. The van der Waals surface area contributed by atoms with Gasteiger partial charge in [-0.3, -0.25) is 4.79 Å². The van der Waals surface area contributed by atoms with E-state index in [9.17, 15) is 4.79 Å². The van der Waals surface area contributed by atoms with Crippen LogP contribution in [0.15, 0.2) is 30.3 Å². The lowest BCUT2D eigenvalue weighted by molar-refractivity contribution is 0.0947. The zero-order valence-corrected chi connectivity index (χ0v) is 11.2. The average molecular weight is 258 g/mol. The minimum Gasteiger partial charge on any atom is -0.351 e. The van der Waals surface area contributed by atoms with Gasteiger partial charge in [0.25, 0.3) is 5.91 Å². The second-order valence-corrected chi connectivity index (χ2v) is 4.83. The van der Waals surface area contributed by atoms with Crippen molar-refractivity contribution >= 4 is 5.91 Å². The number of carbonyl (C=O) groups excluding carboxylic acids is 1. The summed E-state index contributed by atoms with van der Waals surface area (Å²) in [6.07, 6.45) is 0.949. The first-order valence-corrected chi connectivity index (χ1v) is 6.43. The van der Waals surface area contributed by atoms with Gasteiger partial charge in [0.15, 0.2) is 5.69 Å². The van der Waals surface area contributed by atoms with Crippen LogP contribution in [0, 0.1) is 5.92 Å². The normalized spacial score (nSPS) is 10.7. The predicted molar refractivity (Wildman–Crippen MR) is 73.6 cm³/mol. The number of aromatic nitrogens is 3. The molecule has 2 N–H and O–H groups in total. The summed E-state index contributed by atoms with van der Waals surface area (Å²) < 4.78 is 0. The Bertz CT molecular complexity index is 533. The highest BCUT2D eigenvalue weighted by molar-refractivity contribution is 5.97. The number of benzene rings is 1. The van der Waals surface area contributed by atoms with Crippen LogP contribution in [-0.4, -0.2) is 27.9 Å². The van der Waals surface area contributed by atoms with E-state index in [-0.39, 0.29) is 5.91 Å². The second-order valence-electron chi connectivity index (χ2n) is 4.83. The minimum absolute atomic E-state index is 0.187. The van der Waals surface area contributed by atoms with Gasteiger partial charge in [0.2, 0.25) is 0 Å². The maximum Gasteiger partial charge on any atom is 0.274 e. The molecule has 0 saturated carbocycles. The number of hydrogen-bond acceptors (Lipinski definition) is 3. The number of rotatable bonds is 5. The van der Waals surface area contributed by atoms with Crippen molar-refractivity contribution in [2.75, 3.05) is 6.54 Å². The van der Waals surface area contributed by atoms with Crippen LogP contribution >= 0.6 is 0 Å². The Hall–Kier alpha value is -2.17. The summed E-state index contributed by atoms with van der Waals surface area (Å²) in [5, 5.41) is 13.4. The molecule has 0 aliphatic heterocycles. The van der Waals surface area contributed by atoms with E-state index < -0.39 is 0 Å². The van der Waals surface area contributed by atoms with Gasteiger partial charge in [-0.25, -0.2) is 0 Å². The summed E-state index contributed by atoms with van der Waals surface area (Å²) in [6, 6.07) is 9.55. The molecule has 100 valence electrons. The predicted octanol–water partition coefficient (Wildman–Crippen LogP) is 2.25. The van der Waals surface area contributed by atoms with Crippen LogP contribution in [0.3, 0.4) is 0 Å². The molecule has 1 aromatic heterocycles. The lowest BCUT2D eigenvalue weighted by Gasteiger charge is -2.06. The fourth-order valence-corrected chi connectivity index (χ4v) is 1.74. The smallest absolute Gasteiger partial charge is 0.274 e. The molecule has 0 aliphatic carbocycles. The molecule has 2 aromatic rings. The molecule has 1 heterocycles. The van der Waals surface area contributed by atoms with Crippen molar-refractivity contribution in [3.05, 3.63) is 36.0 Å². The number of aromatic amines is 1. The maximum atomic E-state index is 12.0. The topological polar surface area (TPSA) is 70.7 Å². The quantitative estimate of drug-likeness (QED) is 0.864. The molecule has 0 radical (unpaired) electrons. The van der Waals surface area contributed by atoms with Gasteiger partial charge in [0.05, 0.1) is 0 Å². The minimum atomic E-state index is -0.187. The van der Waals surface area contributed by atoms with Crippen LogP contribution in [-0.2, 0) is 0 Å². The third kappa shape index (κ3) is 3.40. The first-order chi connectivity index (χ1) is 9.18. The SMILES string of the molecule is CC(C)CCNC(=O)c1n[nH]nc1-c1ccccc1. The molecule has 0 fully saturated rings. The van der Waals surface area contributed by atoms with Gasteiger partial charge in [0, 0.05) is 12.1 Å². The first kappa shape index (κ1) is 13.3. The first-order valence-electron chi connectivity index (χ1n) is 6.43. The lowest BCUT2D eigenvalue weighted by Crippen LogP contribution is -2.26. The Morgan fingerprint density at radius 3 is 2.68 bits per heavy atom. The summed E-state index contributed by atoms with van der Waals surface area (Å²) in [5.41, 5.74) is 1.81. The highest BCUT2D eigenvalue weighted by Gasteiger charge is 2.17. The molecule has 1 aromatic carbocycles. The van der Waals surface area contributed by atoms with Crippen molar-refractivity contribution in [3.8, 4) is 11.3 Å². The third-order valence-corrected chi connectivity index (χ3v) is 2.82. The number of nitrogens with one attached hydrogen (secondary N) is 2. The van der Waals surface area contributed by atoms with Crippen LogP contribution in [0.1, 0.15) is 30.8 Å². The van der Waals surface area contributed by atoms with Crippen LogP contribution in [0.2, 0.25) is 0 Å². The molecule has 5 nitrogen and oxygen atoms in total. The summed E-state index contributed by atoms with van der Waals surface area (Å²) in [7, 11) is 0. The Kier molecular flexibility index (Phi) is 4.28. The van der Waals surface area contributed by atoms with E-state index in [0.717, 1.165) is 12.0 Å². The molecule has 0 aliphatic rings. The molecule has 5 heteroatoms. The molecule has 2 rings (SSSR count). The average Bonchev–Trinajstić information content (AvgIpc) is 2.88. The fourth-order valence-electron chi connectivity index (χ4n) is 1.74. The van der Waals surface area contributed by atoms with E-state index in [4.69, 9.17) is 0 Å². The Morgan fingerprint density at radius 2 is 2.00 bits per heavy atom. The molecule has 0 atom stereocenters. The zero-order chi connectivity index (χ0) is 13.7. The summed E-state index contributed by atoms with van der Waals surface area (Å²) in [4.78, 5) is 12.0. The van der Waals surface area contributed by atoms with Gasteiger partial charge in [-0.2, -0.15) is 15.4 Å². The largest absolute Gasteiger partial charge is 0.351 e. The lowest BCUT2D eigenvalue weighted by atomic mass is 10.1. The van der Waals surface area contributed by atoms with Gasteiger partial charge in [-0.05, 0) is 12.3 Å². The van der Waals surface area contributed by atoms with Gasteiger partial charge in [-0.1, -0.05) is 44.2 Å². The molecule has 0 saturated heterocycles. The Balaban J connectivity index is 2.09. The van der Waals surface area contributed by atoms with Crippen molar-refractivity contribution in [2.24, 2.45) is 5.92 Å². The van der Waals surface area contributed by atoms with Crippen molar-refractivity contribution in [2.45, 2.75) is 20.3 Å². The van der Waals surface area contributed by atoms with Crippen molar-refractivity contribution in [1.82, 2.24) is 20.7 Å². The monoisotopic (exact) mass is 258 g/mol. The standard InChI is InChI=1S/C14H18N4O/c1-10(2)8-9-15-14(19)13-12(16-18-17-13)11-6-4-3-5-7-11/h3-7,10H,8-9H2,1-2H3,(H,15,19)(H,16,17,18). The van der Waals surface area contributed by atoms with E-state index in [1.807, 2.05) is 30.3 Å². The van der Waals surface area contributed by atoms with E-state index in [2.05, 4.69) is 34.6 Å². The highest BCUT2D eigenvalue weighted by Crippen LogP contribution is 2.18. The summed E-state index contributed by atoms with van der Waals surface area (Å²) in [6.45, 7) is 4.90. The molecule has 1 amide bonds. The van der Waals surface area contributed by atoms with E-state index in [0.29, 0.717) is 23.9 Å². The van der Waals surface area contributed by atoms with Gasteiger partial charge in [0.1, 0.15) is 5.69 Å². The zero-order valence-electron chi connectivity index (χ0n) is 11.2. The fraction of sp³-hybridized carbons (Fsp3) is 0.357. The molecule has 0 spiro atoms. The van der Waals surface area contributed by atoms with Gasteiger partial charge in [-0.15, -0.1) is 0 Å². The van der Waals surface area contributed by atoms with E-state index >= 15 is 0 Å². The Morgan fingerprint density at radius 1 is 1.26 bits per heavy atom. The van der Waals surface area contributed by atoms with Crippen LogP contribution < -0.4 is 5.32 Å². The van der Waals surface area contributed by atoms with Crippen molar-refractivity contribution in [3.63, 3.8) is 0 Å². The van der Waals surface area contributed by atoms with Gasteiger partial charge < -0.3 is 5.32 Å². The maximum absolute atomic E-state index is 12.0.